The number of rotatable bonds is 3. The average molecular weight is 529 g/mol. The van der Waals surface area contributed by atoms with Crippen molar-refractivity contribution < 1.29 is 4.79 Å². The molecule has 1 saturated heterocycles. The molecule has 0 unspecified atom stereocenters. The molecular formula is C34H48N4O. The Hall–Kier alpha value is -2.22. The number of anilines is 1. The van der Waals surface area contributed by atoms with E-state index in [1.54, 1.807) is 6.07 Å². The second-order valence-corrected chi connectivity index (χ2v) is 15.5. The van der Waals surface area contributed by atoms with E-state index in [1.165, 1.54) is 50.4 Å². The Labute approximate surface area is 235 Å². The molecule has 210 valence electrons. The van der Waals surface area contributed by atoms with E-state index in [2.05, 4.69) is 69.3 Å². The summed E-state index contributed by atoms with van der Waals surface area (Å²) in [7, 11) is 0. The second kappa shape index (κ2) is 8.64. The third-order valence-corrected chi connectivity index (χ3v) is 14.1. The van der Waals surface area contributed by atoms with Gasteiger partial charge < -0.3 is 9.69 Å². The number of fused-ring (bicyclic) bond motifs is 7. The SMILES string of the molecule is C=C(C)[C@@H]1CC[C@]2(C=O)CC[C@]3(C)[C@H](CC[C@@H]4[C@@]5(C)CCN(c6ccc(C#N)nn6)C(C)(C)[C@@H]5CC[C@]43C)[C@@H]12. The van der Waals surface area contributed by atoms with Gasteiger partial charge in [0, 0.05) is 17.5 Å². The third-order valence-electron chi connectivity index (χ3n) is 14.1. The van der Waals surface area contributed by atoms with Crippen LogP contribution in [0.25, 0.3) is 0 Å². The van der Waals surface area contributed by atoms with Gasteiger partial charge in [-0.1, -0.05) is 32.9 Å². The number of aldehydes is 1. The Balaban J connectivity index is 1.34. The topological polar surface area (TPSA) is 69.9 Å². The zero-order valence-electron chi connectivity index (χ0n) is 25.1. The van der Waals surface area contributed by atoms with Gasteiger partial charge in [0.1, 0.15) is 12.4 Å². The number of carbonyl (C=O) groups is 1. The standard InChI is InChI=1S/C34H48N4O/c1-22(2)24-12-15-34(21-39)17-16-32(6)25(29(24)34)9-10-27-31(5)18-19-38(28-11-8-23(20-35)36-37-28)30(3,4)26(31)13-14-33(27,32)7/h8,11,21,24-27,29H,1,9-10,12-19H2,2-7H3/t24-,25+,26-,27+,29+,31-,32+,33+,34+/m0/s1. The van der Waals surface area contributed by atoms with Gasteiger partial charge in [0.25, 0.3) is 0 Å². The van der Waals surface area contributed by atoms with Crippen molar-refractivity contribution in [2.75, 3.05) is 11.4 Å². The van der Waals surface area contributed by atoms with Gasteiger partial charge in [0.15, 0.2) is 11.5 Å². The summed E-state index contributed by atoms with van der Waals surface area (Å²) in [6.45, 7) is 20.4. The highest BCUT2D eigenvalue weighted by Gasteiger charge is 2.70. The first-order valence-corrected chi connectivity index (χ1v) is 15.5. The highest BCUT2D eigenvalue weighted by atomic mass is 16.1. The maximum Gasteiger partial charge on any atom is 0.163 e. The van der Waals surface area contributed by atoms with Gasteiger partial charge in [-0.25, -0.2) is 0 Å². The molecule has 5 heteroatoms. The molecule has 4 saturated carbocycles. The highest BCUT2D eigenvalue weighted by molar-refractivity contribution is 5.62. The fraction of sp³-hybridized carbons (Fsp3) is 0.765. The van der Waals surface area contributed by atoms with E-state index in [9.17, 15) is 10.1 Å². The monoisotopic (exact) mass is 528 g/mol. The lowest BCUT2D eigenvalue weighted by Gasteiger charge is -2.73. The summed E-state index contributed by atoms with van der Waals surface area (Å²) in [6.07, 6.45) is 12.1. The average Bonchev–Trinajstić information content (AvgIpc) is 3.29. The van der Waals surface area contributed by atoms with Crippen molar-refractivity contribution in [1.82, 2.24) is 10.2 Å². The molecule has 0 aromatic carbocycles. The smallest absolute Gasteiger partial charge is 0.163 e. The summed E-state index contributed by atoms with van der Waals surface area (Å²) >= 11 is 0. The van der Waals surface area contributed by atoms with Crippen molar-refractivity contribution in [3.8, 4) is 6.07 Å². The molecule has 2 heterocycles. The van der Waals surface area contributed by atoms with E-state index in [4.69, 9.17) is 0 Å². The van der Waals surface area contributed by atoms with E-state index in [1.807, 2.05) is 6.07 Å². The molecule has 4 aliphatic carbocycles. The quantitative estimate of drug-likeness (QED) is 0.302. The van der Waals surface area contributed by atoms with E-state index in [0.717, 1.165) is 31.6 Å². The van der Waals surface area contributed by atoms with Crippen molar-refractivity contribution in [3.05, 3.63) is 30.0 Å². The normalized spacial score (nSPS) is 46.2. The number of carbonyl (C=O) groups excluding carboxylic acids is 1. The lowest BCUT2D eigenvalue weighted by atomic mass is 9.33. The van der Waals surface area contributed by atoms with E-state index in [0.29, 0.717) is 35.3 Å². The molecule has 9 atom stereocenters. The van der Waals surface area contributed by atoms with Crippen LogP contribution in [0.5, 0.6) is 0 Å². The molecule has 5 nitrogen and oxygen atoms in total. The Bertz CT molecular complexity index is 1220. The van der Waals surface area contributed by atoms with Gasteiger partial charge in [-0.05, 0) is 137 Å². The van der Waals surface area contributed by atoms with E-state index in [-0.39, 0.29) is 27.2 Å². The van der Waals surface area contributed by atoms with Crippen molar-refractivity contribution in [3.63, 3.8) is 0 Å². The van der Waals surface area contributed by atoms with Gasteiger partial charge in [0.05, 0.1) is 0 Å². The van der Waals surface area contributed by atoms with E-state index < -0.39 is 0 Å². The number of nitriles is 1. The first kappa shape index (κ1) is 27.0. The van der Waals surface area contributed by atoms with Crippen LogP contribution in [0, 0.1) is 62.6 Å². The van der Waals surface area contributed by atoms with Crippen molar-refractivity contribution in [2.24, 2.45) is 51.2 Å². The number of hydrogen-bond acceptors (Lipinski definition) is 5. The van der Waals surface area contributed by atoms with Gasteiger partial charge in [-0.3, -0.25) is 0 Å². The molecule has 1 aliphatic heterocycles. The summed E-state index contributed by atoms with van der Waals surface area (Å²) in [5, 5.41) is 17.8. The predicted octanol–water partition coefficient (Wildman–Crippen LogP) is 7.37. The first-order valence-electron chi connectivity index (χ1n) is 15.5. The Kier molecular flexibility index (Phi) is 5.98. The molecule has 5 aliphatic rings. The van der Waals surface area contributed by atoms with Gasteiger partial charge in [-0.15, -0.1) is 10.2 Å². The largest absolute Gasteiger partial charge is 0.350 e. The summed E-state index contributed by atoms with van der Waals surface area (Å²) in [4.78, 5) is 15.2. The second-order valence-electron chi connectivity index (χ2n) is 15.5. The van der Waals surface area contributed by atoms with Crippen molar-refractivity contribution in [2.45, 2.75) is 105 Å². The lowest BCUT2D eigenvalue weighted by molar-refractivity contribution is -0.225. The first-order chi connectivity index (χ1) is 18.4. The number of piperidine rings is 1. The molecule has 1 aromatic rings. The summed E-state index contributed by atoms with van der Waals surface area (Å²) in [5.74, 6) is 3.75. The van der Waals surface area contributed by atoms with Crippen LogP contribution in [0.1, 0.15) is 105 Å². The Morgan fingerprint density at radius 3 is 2.38 bits per heavy atom. The summed E-state index contributed by atoms with van der Waals surface area (Å²) in [6, 6.07) is 5.89. The van der Waals surface area contributed by atoms with Gasteiger partial charge >= 0.3 is 0 Å². The molecule has 0 spiro atoms. The molecule has 0 N–H and O–H groups in total. The fourth-order valence-electron chi connectivity index (χ4n) is 12.0. The number of allylic oxidation sites excluding steroid dienone is 1. The molecule has 39 heavy (non-hydrogen) atoms. The summed E-state index contributed by atoms with van der Waals surface area (Å²) in [5.41, 5.74) is 2.33. The predicted molar refractivity (Wildman–Crippen MR) is 155 cm³/mol. The van der Waals surface area contributed by atoms with Gasteiger partial charge in [0.2, 0.25) is 0 Å². The lowest BCUT2D eigenvalue weighted by Crippen LogP contribution is -2.69. The molecular weight excluding hydrogens is 480 g/mol. The highest BCUT2D eigenvalue weighted by Crippen LogP contribution is 2.76. The third kappa shape index (κ3) is 3.39. The van der Waals surface area contributed by atoms with Crippen LogP contribution in [-0.4, -0.2) is 28.6 Å². The van der Waals surface area contributed by atoms with Crippen LogP contribution >= 0.6 is 0 Å². The van der Waals surface area contributed by atoms with Crippen LogP contribution in [0.4, 0.5) is 5.82 Å². The minimum absolute atomic E-state index is 0.0370. The molecule has 0 bridgehead atoms. The van der Waals surface area contributed by atoms with Crippen LogP contribution < -0.4 is 4.90 Å². The Morgan fingerprint density at radius 2 is 1.74 bits per heavy atom. The molecule has 1 aromatic heterocycles. The van der Waals surface area contributed by atoms with Crippen LogP contribution in [0.3, 0.4) is 0 Å². The van der Waals surface area contributed by atoms with Crippen LogP contribution in [-0.2, 0) is 4.79 Å². The van der Waals surface area contributed by atoms with Crippen molar-refractivity contribution in [1.29, 1.82) is 5.26 Å². The molecule has 0 radical (unpaired) electrons. The zero-order chi connectivity index (χ0) is 28.0. The molecule has 0 amide bonds. The van der Waals surface area contributed by atoms with Crippen LogP contribution in [0.2, 0.25) is 0 Å². The molecule has 5 fully saturated rings. The van der Waals surface area contributed by atoms with Gasteiger partial charge in [-0.2, -0.15) is 5.26 Å². The Morgan fingerprint density at radius 1 is 0.974 bits per heavy atom. The van der Waals surface area contributed by atoms with Crippen molar-refractivity contribution >= 4 is 12.1 Å². The number of nitrogens with zero attached hydrogens (tertiary/aromatic N) is 4. The number of hydrogen-bond donors (Lipinski definition) is 0. The molecule has 6 rings (SSSR count). The number of aromatic nitrogens is 2. The maximum atomic E-state index is 12.7. The minimum Gasteiger partial charge on any atom is -0.350 e. The summed E-state index contributed by atoms with van der Waals surface area (Å²) < 4.78 is 0. The minimum atomic E-state index is -0.118. The zero-order valence-corrected chi connectivity index (χ0v) is 25.1. The maximum absolute atomic E-state index is 12.7. The van der Waals surface area contributed by atoms with Crippen LogP contribution in [0.15, 0.2) is 24.3 Å². The fourth-order valence-corrected chi connectivity index (χ4v) is 12.0. The van der Waals surface area contributed by atoms with E-state index >= 15 is 0 Å².